The topological polar surface area (TPSA) is 74.7 Å². The maximum Gasteiger partial charge on any atom is 0.135 e. The van der Waals surface area contributed by atoms with Gasteiger partial charge in [0.15, 0.2) is 0 Å². The molecular weight excluding hydrogens is 488 g/mol. The zero-order valence-corrected chi connectivity index (χ0v) is 21.4. The van der Waals surface area contributed by atoms with Crippen LogP contribution in [-0.2, 0) is 0 Å². The van der Waals surface area contributed by atoms with Gasteiger partial charge in [0.05, 0.1) is 44.9 Å². The molecule has 0 aliphatic carbocycles. The molecule has 0 unspecified atom stereocenters. The second-order valence-electron chi connectivity index (χ2n) is 8.68. The van der Waals surface area contributed by atoms with Crippen molar-refractivity contribution in [2.45, 2.75) is 6.92 Å². The van der Waals surface area contributed by atoms with Gasteiger partial charge in [-0.25, -0.2) is 4.98 Å². The number of rotatable bonds is 6. The summed E-state index contributed by atoms with van der Waals surface area (Å²) >= 11 is 1.63. The van der Waals surface area contributed by atoms with Gasteiger partial charge < -0.3 is 0 Å². The summed E-state index contributed by atoms with van der Waals surface area (Å²) in [6, 6.07) is 35.6. The molecule has 1 heterocycles. The van der Waals surface area contributed by atoms with Crippen molar-refractivity contribution in [3.05, 3.63) is 120 Å². The SMILES string of the molecule is Cc1ccc(N=Nc2ccc(N=Nc3ccc(N=Cc4nc5ccccc5s4)c4ccccc34)cc2)cc1. The molecule has 38 heavy (non-hydrogen) atoms. The highest BCUT2D eigenvalue weighted by Gasteiger charge is 2.06. The van der Waals surface area contributed by atoms with Crippen molar-refractivity contribution in [1.29, 1.82) is 0 Å². The smallest absolute Gasteiger partial charge is 0.135 e. The molecule has 5 aromatic carbocycles. The minimum atomic E-state index is 0.737. The molecule has 6 aromatic rings. The van der Waals surface area contributed by atoms with Crippen LogP contribution in [0.3, 0.4) is 0 Å². The van der Waals surface area contributed by atoms with Gasteiger partial charge in [-0.3, -0.25) is 4.99 Å². The fourth-order valence-corrected chi connectivity index (χ4v) is 4.80. The molecule has 0 radical (unpaired) electrons. The number of para-hydroxylation sites is 1. The van der Waals surface area contributed by atoms with Crippen LogP contribution in [0, 0.1) is 6.92 Å². The van der Waals surface area contributed by atoms with E-state index in [2.05, 4.69) is 31.5 Å². The minimum absolute atomic E-state index is 0.737. The first kappa shape index (κ1) is 23.5. The van der Waals surface area contributed by atoms with E-state index in [0.29, 0.717) is 0 Å². The molecule has 0 bridgehead atoms. The second-order valence-corrected chi connectivity index (χ2v) is 9.74. The number of thiazole rings is 1. The highest BCUT2D eigenvalue weighted by atomic mass is 32.1. The van der Waals surface area contributed by atoms with Crippen LogP contribution < -0.4 is 0 Å². The normalized spacial score (nSPS) is 12.0. The van der Waals surface area contributed by atoms with Crippen LogP contribution in [0.1, 0.15) is 10.6 Å². The van der Waals surface area contributed by atoms with Gasteiger partial charge >= 0.3 is 0 Å². The average Bonchev–Trinajstić information content (AvgIpc) is 3.38. The zero-order valence-electron chi connectivity index (χ0n) is 20.6. The van der Waals surface area contributed by atoms with Gasteiger partial charge in [0.2, 0.25) is 0 Å². The third kappa shape index (κ3) is 5.28. The van der Waals surface area contributed by atoms with Gasteiger partial charge in [-0.1, -0.05) is 54.1 Å². The van der Waals surface area contributed by atoms with Gasteiger partial charge in [-0.15, -0.1) is 16.5 Å². The van der Waals surface area contributed by atoms with E-state index in [1.54, 1.807) is 11.3 Å². The molecule has 0 amide bonds. The first-order valence-corrected chi connectivity index (χ1v) is 12.9. The third-order valence-corrected chi connectivity index (χ3v) is 6.91. The van der Waals surface area contributed by atoms with Gasteiger partial charge in [0, 0.05) is 10.8 Å². The monoisotopic (exact) mass is 510 g/mol. The summed E-state index contributed by atoms with van der Waals surface area (Å²) in [7, 11) is 0. The van der Waals surface area contributed by atoms with E-state index in [0.717, 1.165) is 54.4 Å². The molecular formula is C31H22N6S. The predicted molar refractivity (Wildman–Crippen MR) is 157 cm³/mol. The summed E-state index contributed by atoms with van der Waals surface area (Å²) in [6.45, 7) is 2.05. The fourth-order valence-electron chi connectivity index (χ4n) is 3.96. The van der Waals surface area contributed by atoms with E-state index in [9.17, 15) is 0 Å². The van der Waals surface area contributed by atoms with E-state index >= 15 is 0 Å². The Morgan fingerprint density at radius 3 is 1.82 bits per heavy atom. The molecule has 0 fully saturated rings. The lowest BCUT2D eigenvalue weighted by atomic mass is 10.1. The van der Waals surface area contributed by atoms with Gasteiger partial charge in [-0.2, -0.15) is 15.3 Å². The summed E-state index contributed by atoms with van der Waals surface area (Å²) in [5.41, 5.74) is 6.13. The molecule has 182 valence electrons. The number of benzene rings is 5. The van der Waals surface area contributed by atoms with E-state index in [1.165, 1.54) is 5.56 Å². The fraction of sp³-hybridized carbons (Fsp3) is 0.0323. The molecule has 1 aromatic heterocycles. The van der Waals surface area contributed by atoms with Crippen molar-refractivity contribution < 1.29 is 0 Å². The van der Waals surface area contributed by atoms with Crippen molar-refractivity contribution in [2.24, 2.45) is 25.4 Å². The minimum Gasteiger partial charge on any atom is -0.253 e. The van der Waals surface area contributed by atoms with Crippen LogP contribution in [0.4, 0.5) is 28.4 Å². The first-order chi connectivity index (χ1) is 18.7. The van der Waals surface area contributed by atoms with Crippen molar-refractivity contribution in [1.82, 2.24) is 4.98 Å². The summed E-state index contributed by atoms with van der Waals surface area (Å²) in [5, 5.41) is 20.4. The average molecular weight is 511 g/mol. The lowest BCUT2D eigenvalue weighted by Gasteiger charge is -2.04. The molecule has 0 aliphatic rings. The third-order valence-electron chi connectivity index (χ3n) is 5.94. The predicted octanol–water partition coefficient (Wildman–Crippen LogP) is 10.3. The first-order valence-electron chi connectivity index (χ1n) is 12.1. The number of aryl methyl sites for hydroxylation is 1. The number of azo groups is 2. The quantitative estimate of drug-likeness (QED) is 0.162. The van der Waals surface area contributed by atoms with E-state index in [1.807, 2.05) is 116 Å². The molecule has 0 aliphatic heterocycles. The Morgan fingerprint density at radius 2 is 1.13 bits per heavy atom. The summed E-state index contributed by atoms with van der Waals surface area (Å²) in [5.74, 6) is 0. The number of aliphatic imine (C=N–C) groups is 1. The molecule has 7 heteroatoms. The number of nitrogens with zero attached hydrogens (tertiary/aromatic N) is 6. The molecule has 6 nitrogen and oxygen atoms in total. The van der Waals surface area contributed by atoms with Crippen molar-refractivity contribution >= 4 is 67.0 Å². The van der Waals surface area contributed by atoms with Gasteiger partial charge in [-0.05, 0) is 67.6 Å². The second kappa shape index (κ2) is 10.6. The van der Waals surface area contributed by atoms with Crippen molar-refractivity contribution in [3.63, 3.8) is 0 Å². The molecule has 0 N–H and O–H groups in total. The standard InChI is InChI=1S/C31H22N6S/c1-21-10-12-22(13-11-21)34-35-23-14-16-24(17-15-23)36-37-28-19-18-27(25-6-2-3-7-26(25)28)32-20-31-33-29-8-4-5-9-30(29)38-31/h2-20H,1H3. The summed E-state index contributed by atoms with van der Waals surface area (Å²) in [4.78, 5) is 9.39. The Kier molecular flexibility index (Phi) is 6.57. The molecule has 0 spiro atoms. The number of hydrogen-bond donors (Lipinski definition) is 0. The summed E-state index contributed by atoms with van der Waals surface area (Å²) < 4.78 is 1.15. The van der Waals surface area contributed by atoms with Crippen LogP contribution in [0.15, 0.2) is 135 Å². The Bertz CT molecular complexity index is 1780. The van der Waals surface area contributed by atoms with Crippen LogP contribution >= 0.6 is 11.3 Å². The van der Waals surface area contributed by atoms with Crippen LogP contribution in [-0.4, -0.2) is 11.2 Å². The largest absolute Gasteiger partial charge is 0.253 e. The Hall–Kier alpha value is -4.88. The highest BCUT2D eigenvalue weighted by molar-refractivity contribution is 7.20. The van der Waals surface area contributed by atoms with Crippen LogP contribution in [0.5, 0.6) is 0 Å². The Morgan fingerprint density at radius 1 is 0.579 bits per heavy atom. The lowest BCUT2D eigenvalue weighted by Crippen LogP contribution is -1.79. The van der Waals surface area contributed by atoms with Crippen LogP contribution in [0.25, 0.3) is 21.0 Å². The highest BCUT2D eigenvalue weighted by Crippen LogP contribution is 2.35. The van der Waals surface area contributed by atoms with Gasteiger partial charge in [0.1, 0.15) is 5.01 Å². The van der Waals surface area contributed by atoms with Crippen molar-refractivity contribution in [3.8, 4) is 0 Å². The van der Waals surface area contributed by atoms with Gasteiger partial charge in [0.25, 0.3) is 0 Å². The maximum absolute atomic E-state index is 4.74. The molecule has 0 saturated heterocycles. The zero-order chi connectivity index (χ0) is 25.7. The molecule has 0 saturated carbocycles. The maximum atomic E-state index is 4.74. The summed E-state index contributed by atoms with van der Waals surface area (Å²) in [6.07, 6.45) is 1.82. The number of aromatic nitrogens is 1. The number of hydrogen-bond acceptors (Lipinski definition) is 7. The van der Waals surface area contributed by atoms with E-state index in [-0.39, 0.29) is 0 Å². The van der Waals surface area contributed by atoms with E-state index in [4.69, 9.17) is 4.99 Å². The number of fused-ring (bicyclic) bond motifs is 2. The molecule has 6 rings (SSSR count). The Balaban J connectivity index is 1.21. The molecule has 0 atom stereocenters. The van der Waals surface area contributed by atoms with Crippen LogP contribution in [0.2, 0.25) is 0 Å². The van der Waals surface area contributed by atoms with Crippen molar-refractivity contribution in [2.75, 3.05) is 0 Å². The Labute approximate surface area is 223 Å². The lowest BCUT2D eigenvalue weighted by molar-refractivity contribution is 1.21. The van der Waals surface area contributed by atoms with E-state index < -0.39 is 0 Å².